The zero-order valence-electron chi connectivity index (χ0n) is 17.8. The van der Waals surface area contributed by atoms with Gasteiger partial charge in [-0.1, -0.05) is 42.6 Å². The van der Waals surface area contributed by atoms with E-state index in [1.807, 2.05) is 18.2 Å². The van der Waals surface area contributed by atoms with E-state index in [1.165, 1.54) is 17.2 Å². The highest BCUT2D eigenvalue weighted by molar-refractivity contribution is 6.46. The van der Waals surface area contributed by atoms with Gasteiger partial charge in [0, 0.05) is 11.6 Å². The first-order valence-electron chi connectivity index (χ1n) is 11.4. The number of hydrogen-bond acceptors (Lipinski definition) is 4. The number of phenols is 1. The second-order valence-corrected chi connectivity index (χ2v) is 9.45. The number of carbonyl (C=O) groups excluding carboxylic acids is 2. The summed E-state index contributed by atoms with van der Waals surface area (Å²) in [7, 11) is 0. The van der Waals surface area contributed by atoms with Crippen LogP contribution in [0.5, 0.6) is 5.75 Å². The first-order valence-corrected chi connectivity index (χ1v) is 11.7. The Morgan fingerprint density at radius 3 is 2.38 bits per heavy atom. The molecule has 2 aliphatic carbocycles. The molecule has 1 heterocycles. The monoisotopic (exact) mass is 451 g/mol. The predicted octanol–water partition coefficient (Wildman–Crippen LogP) is 5.29. The highest BCUT2D eigenvalue weighted by Gasteiger charge is 2.49. The van der Waals surface area contributed by atoms with Crippen molar-refractivity contribution in [2.45, 2.75) is 63.5 Å². The largest absolute Gasteiger partial charge is 0.507 e. The zero-order valence-corrected chi connectivity index (χ0v) is 18.6. The molecule has 0 radical (unpaired) electrons. The minimum atomic E-state index is -0.729. The fourth-order valence-corrected chi connectivity index (χ4v) is 5.65. The molecule has 5 nitrogen and oxygen atoms in total. The smallest absolute Gasteiger partial charge is 0.295 e. The standard InChI is InChI=1S/C26H26ClNO4/c27-20-14-17(11-12-21(20)29)23-22(25(31)26(32)28(23)19-7-3-4-8-19)24(30)18-10-9-15-5-1-2-6-16(15)13-18/h9-14,19,23,29-30H,1-8H2/b24-22-. The molecule has 1 atom stereocenters. The van der Waals surface area contributed by atoms with Gasteiger partial charge in [0.25, 0.3) is 11.7 Å². The molecule has 3 aliphatic rings. The molecule has 0 spiro atoms. The van der Waals surface area contributed by atoms with E-state index in [0.717, 1.165) is 51.4 Å². The number of amides is 1. The Morgan fingerprint density at radius 2 is 1.66 bits per heavy atom. The first kappa shape index (κ1) is 21.1. The number of likely N-dealkylation sites (tertiary alicyclic amines) is 1. The quantitative estimate of drug-likeness (QED) is 0.377. The average Bonchev–Trinajstić information content (AvgIpc) is 3.42. The number of hydrogen-bond donors (Lipinski definition) is 2. The van der Waals surface area contributed by atoms with E-state index in [2.05, 4.69) is 0 Å². The molecule has 5 rings (SSSR count). The molecule has 32 heavy (non-hydrogen) atoms. The second-order valence-electron chi connectivity index (χ2n) is 9.05. The van der Waals surface area contributed by atoms with E-state index in [9.17, 15) is 19.8 Å². The minimum Gasteiger partial charge on any atom is -0.507 e. The predicted molar refractivity (Wildman–Crippen MR) is 123 cm³/mol. The van der Waals surface area contributed by atoms with Crippen LogP contribution in [0.4, 0.5) is 0 Å². The van der Waals surface area contributed by atoms with Gasteiger partial charge in [-0.3, -0.25) is 9.59 Å². The third kappa shape index (κ3) is 3.49. The third-order valence-electron chi connectivity index (χ3n) is 7.11. The molecular formula is C26H26ClNO4. The Hall–Kier alpha value is -2.79. The van der Waals surface area contributed by atoms with Gasteiger partial charge in [0.15, 0.2) is 0 Å². The van der Waals surface area contributed by atoms with Crippen LogP contribution in [-0.4, -0.2) is 32.8 Å². The molecule has 2 aromatic carbocycles. The van der Waals surface area contributed by atoms with E-state index in [-0.39, 0.29) is 28.1 Å². The van der Waals surface area contributed by atoms with Crippen LogP contribution >= 0.6 is 11.6 Å². The maximum Gasteiger partial charge on any atom is 0.295 e. The number of aromatic hydroxyl groups is 1. The molecule has 0 aromatic heterocycles. The molecule has 0 bridgehead atoms. The number of halogens is 1. The Labute approximate surface area is 192 Å². The van der Waals surface area contributed by atoms with Crippen molar-refractivity contribution < 1.29 is 19.8 Å². The summed E-state index contributed by atoms with van der Waals surface area (Å²) in [4.78, 5) is 28.0. The summed E-state index contributed by atoms with van der Waals surface area (Å²) >= 11 is 6.18. The van der Waals surface area contributed by atoms with E-state index in [0.29, 0.717) is 11.1 Å². The van der Waals surface area contributed by atoms with Crippen molar-refractivity contribution in [1.82, 2.24) is 4.90 Å². The Balaban J connectivity index is 1.66. The number of rotatable bonds is 3. The van der Waals surface area contributed by atoms with Crippen molar-refractivity contribution in [3.05, 3.63) is 69.2 Å². The van der Waals surface area contributed by atoms with E-state index in [1.54, 1.807) is 17.0 Å². The molecule has 1 aliphatic heterocycles. The SMILES string of the molecule is O=C1C(=O)N(C2CCCC2)C(c2ccc(O)c(Cl)c2)/C1=C(/O)c1ccc2c(c1)CCCC2. The van der Waals surface area contributed by atoms with Crippen molar-refractivity contribution in [2.24, 2.45) is 0 Å². The maximum absolute atomic E-state index is 13.2. The van der Waals surface area contributed by atoms with Crippen molar-refractivity contribution in [3.63, 3.8) is 0 Å². The number of Topliss-reactive ketones (excluding diaryl/α,β-unsaturated/α-hetero) is 1. The molecule has 1 saturated carbocycles. The lowest BCUT2D eigenvalue weighted by Gasteiger charge is -2.31. The van der Waals surface area contributed by atoms with Gasteiger partial charge in [-0.2, -0.15) is 0 Å². The van der Waals surface area contributed by atoms with Gasteiger partial charge in [0.05, 0.1) is 16.6 Å². The molecule has 1 unspecified atom stereocenters. The van der Waals surface area contributed by atoms with Gasteiger partial charge >= 0.3 is 0 Å². The van der Waals surface area contributed by atoms with Crippen molar-refractivity contribution in [1.29, 1.82) is 0 Å². The molecular weight excluding hydrogens is 426 g/mol. The molecule has 166 valence electrons. The van der Waals surface area contributed by atoms with Crippen molar-refractivity contribution in [2.75, 3.05) is 0 Å². The number of ketones is 1. The maximum atomic E-state index is 13.2. The van der Waals surface area contributed by atoms with Gasteiger partial charge in [0.2, 0.25) is 0 Å². The number of fused-ring (bicyclic) bond motifs is 1. The summed E-state index contributed by atoms with van der Waals surface area (Å²) in [5, 5.41) is 21.4. The van der Waals surface area contributed by atoms with Crippen molar-refractivity contribution >= 4 is 29.1 Å². The number of carbonyl (C=O) groups is 2. The fraction of sp³-hybridized carbons (Fsp3) is 0.385. The third-order valence-corrected chi connectivity index (χ3v) is 7.41. The molecule has 6 heteroatoms. The van der Waals surface area contributed by atoms with E-state index >= 15 is 0 Å². The fourth-order valence-electron chi connectivity index (χ4n) is 5.47. The van der Waals surface area contributed by atoms with E-state index in [4.69, 9.17) is 11.6 Å². The van der Waals surface area contributed by atoms with E-state index < -0.39 is 17.7 Å². The Morgan fingerprint density at radius 1 is 0.938 bits per heavy atom. The first-order chi connectivity index (χ1) is 15.5. The molecule has 2 aromatic rings. The number of aliphatic hydroxyl groups is 1. The molecule has 2 N–H and O–H groups in total. The lowest BCUT2D eigenvalue weighted by molar-refractivity contribution is -0.141. The van der Waals surface area contributed by atoms with Crippen LogP contribution in [0.1, 0.15) is 66.8 Å². The second kappa shape index (κ2) is 8.28. The lowest BCUT2D eigenvalue weighted by atomic mass is 9.88. The highest BCUT2D eigenvalue weighted by Crippen LogP contribution is 2.44. The molecule has 1 amide bonds. The lowest BCUT2D eigenvalue weighted by Crippen LogP contribution is -2.37. The number of benzene rings is 2. The normalized spacial score (nSPS) is 23.0. The highest BCUT2D eigenvalue weighted by atomic mass is 35.5. The van der Waals surface area contributed by atoms with Crippen LogP contribution in [0.2, 0.25) is 5.02 Å². The summed E-state index contributed by atoms with van der Waals surface area (Å²) in [5.74, 6) is -1.46. The van der Waals surface area contributed by atoms with Gasteiger partial charge in [-0.25, -0.2) is 0 Å². The summed E-state index contributed by atoms with van der Waals surface area (Å²) in [6.07, 6.45) is 7.89. The summed E-state index contributed by atoms with van der Waals surface area (Å²) < 4.78 is 0. The number of nitrogens with zero attached hydrogens (tertiary/aromatic N) is 1. The van der Waals surface area contributed by atoms with Crippen LogP contribution in [0.3, 0.4) is 0 Å². The van der Waals surface area contributed by atoms with Gasteiger partial charge in [0.1, 0.15) is 11.5 Å². The molecule has 1 saturated heterocycles. The zero-order chi connectivity index (χ0) is 22.4. The van der Waals surface area contributed by atoms with Gasteiger partial charge in [-0.15, -0.1) is 0 Å². The van der Waals surface area contributed by atoms with Crippen molar-refractivity contribution in [3.8, 4) is 5.75 Å². The summed E-state index contributed by atoms with van der Waals surface area (Å²) in [6.45, 7) is 0. The van der Waals surface area contributed by atoms with Gasteiger partial charge in [-0.05, 0) is 73.4 Å². The van der Waals surface area contributed by atoms with Crippen LogP contribution in [0, 0.1) is 0 Å². The summed E-state index contributed by atoms with van der Waals surface area (Å²) in [6, 6.07) is 9.73. The number of aliphatic hydroxyl groups excluding tert-OH is 1. The Bertz CT molecular complexity index is 1130. The van der Waals surface area contributed by atoms with Crippen LogP contribution in [0.15, 0.2) is 42.0 Å². The topological polar surface area (TPSA) is 77.8 Å². The Kier molecular flexibility index (Phi) is 5.46. The minimum absolute atomic E-state index is 0.0575. The van der Waals surface area contributed by atoms with Crippen LogP contribution < -0.4 is 0 Å². The molecule has 2 fully saturated rings. The van der Waals surface area contributed by atoms with Crippen LogP contribution in [0.25, 0.3) is 5.76 Å². The number of phenolic OH excluding ortho intramolecular Hbond substituents is 1. The van der Waals surface area contributed by atoms with Crippen LogP contribution in [-0.2, 0) is 22.4 Å². The average molecular weight is 452 g/mol. The summed E-state index contributed by atoms with van der Waals surface area (Å²) in [5.41, 5.74) is 3.73. The number of aryl methyl sites for hydroxylation is 2. The van der Waals surface area contributed by atoms with Gasteiger partial charge < -0.3 is 15.1 Å².